The summed E-state index contributed by atoms with van der Waals surface area (Å²) >= 11 is 0. The molecule has 0 aliphatic rings. The maximum absolute atomic E-state index is 12.9. The Balaban J connectivity index is 2.53. The van der Waals surface area contributed by atoms with Crippen LogP contribution in [0.3, 0.4) is 0 Å². The number of hydrogen-bond acceptors (Lipinski definition) is 4. The van der Waals surface area contributed by atoms with Crippen molar-refractivity contribution in [3.05, 3.63) is 50.9 Å². The summed E-state index contributed by atoms with van der Waals surface area (Å²) in [4.78, 5) is 44.7. The molecule has 0 aliphatic carbocycles. The number of halogens is 1. The third-order valence-electron chi connectivity index (χ3n) is 2.42. The molecule has 0 aliphatic heterocycles. The normalized spacial score (nSPS) is 11.4. The van der Waals surface area contributed by atoms with Crippen molar-refractivity contribution in [1.29, 1.82) is 0 Å². The summed E-state index contributed by atoms with van der Waals surface area (Å²) < 4.78 is 28.5. The van der Waals surface area contributed by atoms with E-state index in [2.05, 4.69) is 4.98 Å². The van der Waals surface area contributed by atoms with Gasteiger partial charge in [-0.05, 0) is 17.7 Å². The van der Waals surface area contributed by atoms with Crippen LogP contribution in [0.15, 0.2) is 33.9 Å². The minimum absolute atomic E-state index is 0.164. The van der Waals surface area contributed by atoms with Crippen molar-refractivity contribution in [2.24, 2.45) is 0 Å². The van der Waals surface area contributed by atoms with Crippen LogP contribution >= 0.6 is 7.60 Å². The molecule has 1 aromatic carbocycles. The predicted molar refractivity (Wildman–Crippen MR) is 70.6 cm³/mol. The van der Waals surface area contributed by atoms with E-state index in [0.29, 0.717) is 0 Å². The molecule has 0 spiro atoms. The highest BCUT2D eigenvalue weighted by Gasteiger charge is 2.18. The SMILES string of the molecule is O=c1[nH]c(OCP(=O)(O)O)c(-c2ccc(F)cc2)c(=O)[nH]1. The standard InChI is InChI=1S/C11H10FN2O6P/c12-7-3-1-6(2-4-7)8-9(15)13-11(16)14-10(8)20-5-21(17,18)19/h1-4H,5H2,(H2,17,18,19)(H2,13,14,15,16). The van der Waals surface area contributed by atoms with Gasteiger partial charge in [0, 0.05) is 0 Å². The van der Waals surface area contributed by atoms with Gasteiger partial charge in [0.15, 0.2) is 6.35 Å². The van der Waals surface area contributed by atoms with Crippen LogP contribution in [-0.4, -0.2) is 26.1 Å². The number of rotatable bonds is 4. The van der Waals surface area contributed by atoms with Gasteiger partial charge in [-0.25, -0.2) is 9.18 Å². The zero-order chi connectivity index (χ0) is 15.6. The summed E-state index contributed by atoms with van der Waals surface area (Å²) in [7, 11) is -4.50. The number of ether oxygens (including phenoxy) is 1. The molecule has 2 rings (SSSR count). The van der Waals surface area contributed by atoms with Crippen LogP contribution in [-0.2, 0) is 4.57 Å². The number of aromatic nitrogens is 2. The van der Waals surface area contributed by atoms with Crippen molar-refractivity contribution in [3.63, 3.8) is 0 Å². The molecular formula is C11H10FN2O6P. The summed E-state index contributed by atoms with van der Waals surface area (Å²) in [5.74, 6) is -0.934. The first-order chi connectivity index (χ1) is 9.76. The third kappa shape index (κ3) is 3.88. The van der Waals surface area contributed by atoms with Crippen LogP contribution in [0.2, 0.25) is 0 Å². The molecule has 1 aromatic heterocycles. The van der Waals surface area contributed by atoms with Gasteiger partial charge in [-0.15, -0.1) is 0 Å². The molecule has 0 saturated heterocycles. The summed E-state index contributed by atoms with van der Waals surface area (Å²) in [6.07, 6.45) is -1.01. The quantitative estimate of drug-likeness (QED) is 0.603. The van der Waals surface area contributed by atoms with Crippen molar-refractivity contribution in [1.82, 2.24) is 9.97 Å². The van der Waals surface area contributed by atoms with Crippen molar-refractivity contribution >= 4 is 7.60 Å². The molecule has 21 heavy (non-hydrogen) atoms. The third-order valence-corrected chi connectivity index (χ3v) is 2.88. The predicted octanol–water partition coefficient (Wildman–Crippen LogP) is 0.383. The lowest BCUT2D eigenvalue weighted by Crippen LogP contribution is -2.25. The number of nitrogens with one attached hydrogen (secondary N) is 2. The van der Waals surface area contributed by atoms with E-state index in [1.165, 1.54) is 12.1 Å². The second kappa shape index (κ2) is 5.65. The maximum atomic E-state index is 12.9. The van der Waals surface area contributed by atoms with Gasteiger partial charge < -0.3 is 14.5 Å². The Morgan fingerprint density at radius 3 is 2.33 bits per heavy atom. The number of benzene rings is 1. The Bertz CT molecular complexity index is 807. The molecule has 4 N–H and O–H groups in total. The lowest BCUT2D eigenvalue weighted by molar-refractivity contribution is 0.294. The number of aromatic amines is 2. The first-order valence-electron chi connectivity index (χ1n) is 5.56. The molecule has 0 saturated carbocycles. The van der Waals surface area contributed by atoms with E-state index in [1.54, 1.807) is 0 Å². The molecule has 0 fully saturated rings. The molecule has 0 amide bonds. The molecule has 2 aromatic rings. The maximum Gasteiger partial charge on any atom is 0.362 e. The highest BCUT2D eigenvalue weighted by molar-refractivity contribution is 7.51. The van der Waals surface area contributed by atoms with Crippen LogP contribution < -0.4 is 16.0 Å². The monoisotopic (exact) mass is 316 g/mol. The second-order valence-electron chi connectivity index (χ2n) is 4.06. The Kier molecular flexibility index (Phi) is 4.08. The second-order valence-corrected chi connectivity index (χ2v) is 5.64. The summed E-state index contributed by atoms with van der Waals surface area (Å²) in [5.41, 5.74) is -1.67. The van der Waals surface area contributed by atoms with Gasteiger partial charge >= 0.3 is 13.3 Å². The van der Waals surface area contributed by atoms with Crippen LogP contribution in [0.1, 0.15) is 0 Å². The van der Waals surface area contributed by atoms with Gasteiger partial charge in [-0.1, -0.05) is 12.1 Å². The van der Waals surface area contributed by atoms with Crippen molar-refractivity contribution in [2.45, 2.75) is 0 Å². The van der Waals surface area contributed by atoms with Crippen LogP contribution in [0.25, 0.3) is 11.1 Å². The Morgan fingerprint density at radius 2 is 1.76 bits per heavy atom. The molecule has 112 valence electrons. The zero-order valence-electron chi connectivity index (χ0n) is 10.4. The molecule has 10 heteroatoms. The Hall–Kier alpha value is -2.22. The van der Waals surface area contributed by atoms with E-state index in [0.717, 1.165) is 12.1 Å². The largest absolute Gasteiger partial charge is 0.465 e. The lowest BCUT2D eigenvalue weighted by Gasteiger charge is -2.10. The molecule has 0 unspecified atom stereocenters. The van der Waals surface area contributed by atoms with Crippen LogP contribution in [0.4, 0.5) is 4.39 Å². The van der Waals surface area contributed by atoms with Crippen molar-refractivity contribution in [3.8, 4) is 17.0 Å². The van der Waals surface area contributed by atoms with Crippen molar-refractivity contribution in [2.75, 3.05) is 6.35 Å². The number of H-pyrrole nitrogens is 2. The molecule has 0 radical (unpaired) electrons. The highest BCUT2D eigenvalue weighted by Crippen LogP contribution is 2.35. The lowest BCUT2D eigenvalue weighted by atomic mass is 10.1. The minimum Gasteiger partial charge on any atom is -0.465 e. The minimum atomic E-state index is -4.50. The zero-order valence-corrected chi connectivity index (χ0v) is 11.3. The fourth-order valence-electron chi connectivity index (χ4n) is 1.60. The fourth-order valence-corrected chi connectivity index (χ4v) is 1.90. The summed E-state index contributed by atoms with van der Waals surface area (Å²) in [6, 6.07) is 4.71. The van der Waals surface area contributed by atoms with Gasteiger partial charge in [-0.2, -0.15) is 0 Å². The van der Waals surface area contributed by atoms with E-state index in [4.69, 9.17) is 14.5 Å². The molecule has 8 nitrogen and oxygen atoms in total. The van der Waals surface area contributed by atoms with E-state index in [-0.39, 0.29) is 11.1 Å². The number of hydrogen-bond donors (Lipinski definition) is 4. The van der Waals surface area contributed by atoms with E-state index in [9.17, 15) is 18.5 Å². The van der Waals surface area contributed by atoms with Gasteiger partial charge in [0.05, 0.1) is 0 Å². The van der Waals surface area contributed by atoms with Crippen LogP contribution in [0.5, 0.6) is 5.88 Å². The average molecular weight is 316 g/mol. The van der Waals surface area contributed by atoms with E-state index >= 15 is 0 Å². The summed E-state index contributed by atoms with van der Waals surface area (Å²) in [6.45, 7) is 0. The molecule has 0 bridgehead atoms. The van der Waals surface area contributed by atoms with Crippen molar-refractivity contribution < 1.29 is 23.5 Å². The van der Waals surface area contributed by atoms with E-state index in [1.807, 2.05) is 4.98 Å². The summed E-state index contributed by atoms with van der Waals surface area (Å²) in [5, 5.41) is 0. The van der Waals surface area contributed by atoms with Gasteiger partial charge in [0.25, 0.3) is 5.56 Å². The first kappa shape index (κ1) is 15.2. The first-order valence-corrected chi connectivity index (χ1v) is 7.36. The van der Waals surface area contributed by atoms with Gasteiger partial charge in [-0.3, -0.25) is 19.3 Å². The van der Waals surface area contributed by atoms with E-state index < -0.39 is 36.9 Å². The van der Waals surface area contributed by atoms with Gasteiger partial charge in [0.2, 0.25) is 5.88 Å². The highest BCUT2D eigenvalue weighted by atomic mass is 31.2. The average Bonchev–Trinajstić information content (AvgIpc) is 2.36. The van der Waals surface area contributed by atoms with Gasteiger partial charge in [0.1, 0.15) is 11.4 Å². The smallest absolute Gasteiger partial charge is 0.362 e. The Labute approximate surface area is 116 Å². The fraction of sp³-hybridized carbons (Fsp3) is 0.0909. The molecule has 0 atom stereocenters. The molecular weight excluding hydrogens is 306 g/mol. The van der Waals surface area contributed by atoms with Crippen LogP contribution in [0, 0.1) is 5.82 Å². The topological polar surface area (TPSA) is 132 Å². The Morgan fingerprint density at radius 1 is 1.14 bits per heavy atom. The molecule has 1 heterocycles.